The normalized spacial score (nSPS) is 10.4. The maximum Gasteiger partial charge on any atom is 0.206 e. The van der Waals surface area contributed by atoms with Crippen molar-refractivity contribution in [2.75, 3.05) is 7.11 Å². The first-order chi connectivity index (χ1) is 8.54. The van der Waals surface area contributed by atoms with Crippen LogP contribution in [0, 0.1) is 20.8 Å². The molecule has 1 heterocycles. The molecule has 0 radical (unpaired) electrons. The van der Waals surface area contributed by atoms with Crippen LogP contribution in [0.2, 0.25) is 0 Å². The number of ether oxygens (including phenoxy) is 1. The maximum absolute atomic E-state index is 12.4. The molecular formula is C15H16O2S. The van der Waals surface area contributed by atoms with Crippen molar-refractivity contribution in [1.29, 1.82) is 0 Å². The summed E-state index contributed by atoms with van der Waals surface area (Å²) in [6.45, 7) is 5.99. The Morgan fingerprint density at radius 2 is 1.83 bits per heavy atom. The molecule has 0 bridgehead atoms. The lowest BCUT2D eigenvalue weighted by Gasteiger charge is -2.12. The molecule has 2 rings (SSSR count). The van der Waals surface area contributed by atoms with Gasteiger partial charge in [-0.2, -0.15) is 0 Å². The van der Waals surface area contributed by atoms with Gasteiger partial charge in [-0.1, -0.05) is 6.07 Å². The van der Waals surface area contributed by atoms with Crippen LogP contribution in [0.15, 0.2) is 24.3 Å². The van der Waals surface area contributed by atoms with Gasteiger partial charge in [0.25, 0.3) is 0 Å². The van der Waals surface area contributed by atoms with Crippen LogP contribution in [-0.2, 0) is 0 Å². The van der Waals surface area contributed by atoms with E-state index in [1.54, 1.807) is 7.11 Å². The number of thiophene rings is 1. The molecule has 0 spiro atoms. The molecule has 0 amide bonds. The van der Waals surface area contributed by atoms with Gasteiger partial charge in [0.1, 0.15) is 5.75 Å². The molecule has 0 aliphatic heterocycles. The minimum Gasteiger partial charge on any atom is -0.496 e. The average Bonchev–Trinajstić information content (AvgIpc) is 2.78. The van der Waals surface area contributed by atoms with Crippen molar-refractivity contribution in [3.8, 4) is 5.75 Å². The Kier molecular flexibility index (Phi) is 3.53. The molecular weight excluding hydrogens is 244 g/mol. The highest BCUT2D eigenvalue weighted by molar-refractivity contribution is 7.14. The second-order valence-corrected chi connectivity index (χ2v) is 5.62. The Morgan fingerprint density at radius 3 is 2.39 bits per heavy atom. The van der Waals surface area contributed by atoms with Gasteiger partial charge in [0, 0.05) is 4.88 Å². The summed E-state index contributed by atoms with van der Waals surface area (Å²) in [6.07, 6.45) is 0. The maximum atomic E-state index is 12.4. The third kappa shape index (κ3) is 2.18. The first-order valence-corrected chi connectivity index (χ1v) is 6.61. The van der Waals surface area contributed by atoms with Crippen LogP contribution < -0.4 is 4.74 Å². The third-order valence-corrected chi connectivity index (χ3v) is 4.09. The largest absolute Gasteiger partial charge is 0.496 e. The lowest BCUT2D eigenvalue weighted by molar-refractivity contribution is 0.103. The fourth-order valence-electron chi connectivity index (χ4n) is 1.92. The fraction of sp³-hybridized carbons (Fsp3) is 0.267. The van der Waals surface area contributed by atoms with Crippen LogP contribution in [0.25, 0.3) is 0 Å². The molecule has 0 saturated carbocycles. The van der Waals surface area contributed by atoms with E-state index in [2.05, 4.69) is 0 Å². The van der Waals surface area contributed by atoms with Gasteiger partial charge in [-0.25, -0.2) is 0 Å². The number of rotatable bonds is 3. The molecule has 0 aliphatic rings. The third-order valence-electron chi connectivity index (χ3n) is 3.09. The van der Waals surface area contributed by atoms with E-state index in [-0.39, 0.29) is 5.78 Å². The van der Waals surface area contributed by atoms with Crippen LogP contribution >= 0.6 is 11.3 Å². The summed E-state index contributed by atoms with van der Waals surface area (Å²) in [7, 11) is 1.61. The van der Waals surface area contributed by atoms with Gasteiger partial charge < -0.3 is 4.74 Å². The van der Waals surface area contributed by atoms with E-state index >= 15 is 0 Å². The number of hydrogen-bond donors (Lipinski definition) is 0. The predicted octanol–water partition coefficient (Wildman–Crippen LogP) is 3.91. The summed E-state index contributed by atoms with van der Waals surface area (Å²) in [6, 6.07) is 7.65. The van der Waals surface area contributed by atoms with Crippen molar-refractivity contribution in [2.45, 2.75) is 20.8 Å². The molecule has 0 fully saturated rings. The highest BCUT2D eigenvalue weighted by Crippen LogP contribution is 2.29. The summed E-state index contributed by atoms with van der Waals surface area (Å²) < 4.78 is 5.39. The molecule has 0 N–H and O–H groups in total. The molecule has 0 saturated heterocycles. The molecule has 1 aromatic carbocycles. The number of hydrogen-bond acceptors (Lipinski definition) is 3. The highest BCUT2D eigenvalue weighted by atomic mass is 32.1. The number of benzene rings is 1. The number of methoxy groups -OCH3 is 1. The molecule has 0 unspecified atom stereocenters. The molecule has 94 valence electrons. The van der Waals surface area contributed by atoms with Gasteiger partial charge in [-0.3, -0.25) is 4.79 Å². The Morgan fingerprint density at radius 1 is 1.11 bits per heavy atom. The number of ketones is 1. The zero-order valence-corrected chi connectivity index (χ0v) is 11.9. The van der Waals surface area contributed by atoms with Crippen LogP contribution in [0.5, 0.6) is 5.75 Å². The van der Waals surface area contributed by atoms with Gasteiger partial charge in [-0.15, -0.1) is 11.3 Å². The Balaban J connectivity index is 2.51. The number of carbonyl (C=O) groups is 1. The lowest BCUT2D eigenvalue weighted by atomic mass is 10.0. The van der Waals surface area contributed by atoms with Crippen LogP contribution in [-0.4, -0.2) is 12.9 Å². The molecule has 0 atom stereocenters. The molecule has 3 heteroatoms. The van der Waals surface area contributed by atoms with Gasteiger partial charge in [-0.05, 0) is 50.1 Å². The van der Waals surface area contributed by atoms with Gasteiger partial charge >= 0.3 is 0 Å². The van der Waals surface area contributed by atoms with E-state index in [0.29, 0.717) is 11.3 Å². The highest BCUT2D eigenvalue weighted by Gasteiger charge is 2.18. The monoisotopic (exact) mass is 260 g/mol. The van der Waals surface area contributed by atoms with E-state index in [9.17, 15) is 4.79 Å². The van der Waals surface area contributed by atoms with E-state index in [4.69, 9.17) is 4.74 Å². The molecule has 2 aromatic rings. The van der Waals surface area contributed by atoms with Crippen molar-refractivity contribution in [3.63, 3.8) is 0 Å². The van der Waals surface area contributed by atoms with Crippen LogP contribution in [0.3, 0.4) is 0 Å². The van der Waals surface area contributed by atoms with E-state index < -0.39 is 0 Å². The average molecular weight is 260 g/mol. The zero-order chi connectivity index (χ0) is 13.3. The summed E-state index contributed by atoms with van der Waals surface area (Å²) in [5.74, 6) is 0.721. The molecule has 0 aliphatic carbocycles. The van der Waals surface area contributed by atoms with Gasteiger partial charge in [0.05, 0.1) is 17.6 Å². The number of carbonyl (C=O) groups excluding carboxylic acids is 1. The van der Waals surface area contributed by atoms with Gasteiger partial charge in [0.2, 0.25) is 5.78 Å². The van der Waals surface area contributed by atoms with E-state index in [1.807, 2.05) is 45.0 Å². The minimum absolute atomic E-state index is 0.0352. The smallest absolute Gasteiger partial charge is 0.206 e. The Bertz CT molecular complexity index is 597. The molecule has 2 nitrogen and oxygen atoms in total. The van der Waals surface area contributed by atoms with Gasteiger partial charge in [0.15, 0.2) is 0 Å². The second-order valence-electron chi connectivity index (χ2n) is 4.33. The Labute approximate surface area is 111 Å². The minimum atomic E-state index is 0.0352. The van der Waals surface area contributed by atoms with Crippen LogP contribution in [0.1, 0.15) is 31.2 Å². The molecule has 1 aromatic heterocycles. The first kappa shape index (κ1) is 12.8. The quantitative estimate of drug-likeness (QED) is 0.782. The Hall–Kier alpha value is -1.61. The van der Waals surface area contributed by atoms with Crippen molar-refractivity contribution in [2.24, 2.45) is 0 Å². The standard InChI is InChI=1S/C15H16O2S/c1-9-5-7-12(15(17-4)11(9)3)14(16)13-8-6-10(2)18-13/h5-8H,1-4H3. The summed E-state index contributed by atoms with van der Waals surface area (Å²) in [5, 5.41) is 0. The predicted molar refractivity (Wildman–Crippen MR) is 75.0 cm³/mol. The number of aryl methyl sites for hydroxylation is 2. The van der Waals surface area contributed by atoms with Crippen molar-refractivity contribution in [3.05, 3.63) is 50.7 Å². The topological polar surface area (TPSA) is 26.3 Å². The second kappa shape index (κ2) is 4.94. The SMILES string of the molecule is COc1c(C(=O)c2ccc(C)s2)ccc(C)c1C. The lowest BCUT2D eigenvalue weighted by Crippen LogP contribution is -2.04. The zero-order valence-electron chi connectivity index (χ0n) is 11.0. The van der Waals surface area contributed by atoms with Crippen LogP contribution in [0.4, 0.5) is 0 Å². The van der Waals surface area contributed by atoms with E-state index in [1.165, 1.54) is 11.3 Å². The summed E-state index contributed by atoms with van der Waals surface area (Å²) in [4.78, 5) is 14.3. The van der Waals surface area contributed by atoms with E-state index in [0.717, 1.165) is 20.9 Å². The molecule has 18 heavy (non-hydrogen) atoms. The fourth-order valence-corrected chi connectivity index (χ4v) is 2.74. The first-order valence-electron chi connectivity index (χ1n) is 5.80. The van der Waals surface area contributed by atoms with Crippen molar-refractivity contribution < 1.29 is 9.53 Å². The summed E-state index contributed by atoms with van der Waals surface area (Å²) >= 11 is 1.51. The summed E-state index contributed by atoms with van der Waals surface area (Å²) in [5.41, 5.74) is 2.80. The van der Waals surface area contributed by atoms with Crippen molar-refractivity contribution in [1.82, 2.24) is 0 Å². The van der Waals surface area contributed by atoms with Crippen molar-refractivity contribution >= 4 is 17.1 Å².